The van der Waals surface area contributed by atoms with E-state index >= 15 is 0 Å². The van der Waals surface area contributed by atoms with Crippen LogP contribution in [0.5, 0.6) is 0 Å². The Kier molecular flexibility index (Phi) is 2.50. The average molecular weight is 300 g/mol. The van der Waals surface area contributed by atoms with E-state index in [-0.39, 0.29) is 28.7 Å². The van der Waals surface area contributed by atoms with E-state index in [9.17, 15) is 19.5 Å². The largest absolute Gasteiger partial charge is 0.454 e. The topological polar surface area (TPSA) is 89.9 Å². The molecule has 1 aliphatic carbocycles. The molecule has 22 heavy (non-hydrogen) atoms. The van der Waals surface area contributed by atoms with Crippen LogP contribution in [0.3, 0.4) is 0 Å². The third-order valence-corrected chi connectivity index (χ3v) is 4.25. The second kappa shape index (κ2) is 4.12. The molecule has 6 heteroatoms. The number of hydrogen-bond acceptors (Lipinski definition) is 6. The Hall–Kier alpha value is -2.31. The number of carbonyl (C=O) groups excluding carboxylic acids is 3. The van der Waals surface area contributed by atoms with Crippen molar-refractivity contribution in [2.24, 2.45) is 0 Å². The zero-order valence-electron chi connectivity index (χ0n) is 11.7. The predicted octanol–water partition coefficient (Wildman–Crippen LogP) is 0.785. The van der Waals surface area contributed by atoms with Gasteiger partial charge in [-0.3, -0.25) is 14.4 Å². The summed E-state index contributed by atoms with van der Waals surface area (Å²) >= 11 is 0. The fraction of sp³-hybridized carbons (Fsp3) is 0.312. The van der Waals surface area contributed by atoms with Gasteiger partial charge in [-0.15, -0.1) is 0 Å². The van der Waals surface area contributed by atoms with Crippen LogP contribution < -0.4 is 0 Å². The Labute approximate surface area is 125 Å². The van der Waals surface area contributed by atoms with Crippen molar-refractivity contribution >= 4 is 17.5 Å². The van der Waals surface area contributed by atoms with E-state index in [0.717, 1.165) is 0 Å². The second-order valence-electron chi connectivity index (χ2n) is 5.75. The zero-order valence-corrected chi connectivity index (χ0v) is 11.7. The van der Waals surface area contributed by atoms with Crippen LogP contribution in [-0.2, 0) is 14.3 Å². The fourth-order valence-electron chi connectivity index (χ4n) is 3.37. The smallest absolute Gasteiger partial charge is 0.309 e. The van der Waals surface area contributed by atoms with Gasteiger partial charge in [-0.05, 0) is 6.92 Å². The van der Waals surface area contributed by atoms with Crippen LogP contribution in [0.1, 0.15) is 34.1 Å². The highest BCUT2D eigenvalue weighted by Gasteiger charge is 2.55. The van der Waals surface area contributed by atoms with Crippen LogP contribution in [-0.4, -0.2) is 40.6 Å². The summed E-state index contributed by atoms with van der Waals surface area (Å²) in [6.07, 6.45) is -1.75. The standard InChI is InChI=1S/C16H12O6/c1-16(20)12-11(15-9(22-16)6-10(17)21-15)13(18)7-4-2-3-5-8(7)14(12)19/h2-5,9,15,20H,6H2,1H3/t9-,15+,16+/m1/s1. The summed E-state index contributed by atoms with van der Waals surface area (Å²) in [5.41, 5.74) is 0.381. The number of Topliss-reactive ketones (excluding diaryl/α,β-unsaturated/α-hetero) is 2. The minimum atomic E-state index is -1.93. The van der Waals surface area contributed by atoms with Crippen molar-refractivity contribution in [3.05, 3.63) is 46.5 Å². The van der Waals surface area contributed by atoms with E-state index in [1.165, 1.54) is 13.0 Å². The van der Waals surface area contributed by atoms with Crippen molar-refractivity contribution in [3.63, 3.8) is 0 Å². The summed E-state index contributed by atoms with van der Waals surface area (Å²) in [6, 6.07) is 6.38. The van der Waals surface area contributed by atoms with Crippen LogP contribution in [0, 0.1) is 0 Å². The number of benzene rings is 1. The van der Waals surface area contributed by atoms with Crippen LogP contribution >= 0.6 is 0 Å². The van der Waals surface area contributed by atoms with Gasteiger partial charge >= 0.3 is 5.97 Å². The second-order valence-corrected chi connectivity index (χ2v) is 5.75. The van der Waals surface area contributed by atoms with Crippen molar-refractivity contribution < 1.29 is 29.0 Å². The minimum absolute atomic E-state index is 0.0378. The summed E-state index contributed by atoms with van der Waals surface area (Å²) in [5, 5.41) is 10.5. The van der Waals surface area contributed by atoms with E-state index in [2.05, 4.69) is 0 Å². The van der Waals surface area contributed by atoms with Gasteiger partial charge < -0.3 is 14.6 Å². The Morgan fingerprint density at radius 1 is 1.14 bits per heavy atom. The lowest BCUT2D eigenvalue weighted by molar-refractivity contribution is -0.206. The first-order chi connectivity index (χ1) is 10.4. The summed E-state index contributed by atoms with van der Waals surface area (Å²) in [5.74, 6) is -3.32. The monoisotopic (exact) mass is 300 g/mol. The van der Waals surface area contributed by atoms with Crippen molar-refractivity contribution in [3.8, 4) is 0 Å². The van der Waals surface area contributed by atoms with Gasteiger partial charge in [-0.2, -0.15) is 0 Å². The number of esters is 1. The Morgan fingerprint density at radius 2 is 1.77 bits per heavy atom. The summed E-state index contributed by atoms with van der Waals surface area (Å²) < 4.78 is 10.6. The first-order valence-electron chi connectivity index (χ1n) is 6.93. The molecular weight excluding hydrogens is 288 g/mol. The molecule has 0 unspecified atom stereocenters. The molecule has 3 aliphatic rings. The average Bonchev–Trinajstić information content (AvgIpc) is 2.82. The number of aliphatic hydroxyl groups is 1. The lowest BCUT2D eigenvalue weighted by Crippen LogP contribution is -2.51. The number of rotatable bonds is 0. The molecule has 0 bridgehead atoms. The highest BCUT2D eigenvalue weighted by molar-refractivity contribution is 6.28. The van der Waals surface area contributed by atoms with Crippen LogP contribution in [0.4, 0.5) is 0 Å². The van der Waals surface area contributed by atoms with Gasteiger partial charge in [-0.25, -0.2) is 0 Å². The number of fused-ring (bicyclic) bond motifs is 3. The Balaban J connectivity index is 1.97. The molecule has 0 spiro atoms. The highest BCUT2D eigenvalue weighted by Crippen LogP contribution is 2.43. The number of ether oxygens (including phenoxy) is 2. The predicted molar refractivity (Wildman–Crippen MR) is 72.1 cm³/mol. The normalized spacial score (nSPS) is 33.3. The third-order valence-electron chi connectivity index (χ3n) is 4.25. The quantitative estimate of drug-likeness (QED) is 0.712. The minimum Gasteiger partial charge on any atom is -0.454 e. The third kappa shape index (κ3) is 1.59. The van der Waals surface area contributed by atoms with E-state index in [0.29, 0.717) is 0 Å². The van der Waals surface area contributed by atoms with E-state index in [1.807, 2.05) is 0 Å². The molecule has 4 rings (SSSR count). The first-order valence-corrected chi connectivity index (χ1v) is 6.93. The molecule has 2 aliphatic heterocycles. The van der Waals surface area contributed by atoms with Gasteiger partial charge in [0.15, 0.2) is 23.5 Å². The van der Waals surface area contributed by atoms with Crippen molar-refractivity contribution in [2.45, 2.75) is 31.3 Å². The molecule has 1 aromatic carbocycles. The summed E-state index contributed by atoms with van der Waals surface area (Å²) in [7, 11) is 0. The maximum absolute atomic E-state index is 12.8. The molecule has 0 saturated carbocycles. The number of carbonyl (C=O) groups is 3. The molecular formula is C16H12O6. The van der Waals surface area contributed by atoms with E-state index in [1.54, 1.807) is 18.2 Å². The van der Waals surface area contributed by atoms with Gasteiger partial charge in [0.25, 0.3) is 0 Å². The number of hydrogen-bond donors (Lipinski definition) is 1. The van der Waals surface area contributed by atoms with E-state index in [4.69, 9.17) is 9.47 Å². The van der Waals surface area contributed by atoms with Gasteiger partial charge in [0, 0.05) is 11.1 Å². The van der Waals surface area contributed by atoms with Gasteiger partial charge in [0.05, 0.1) is 17.6 Å². The molecule has 0 aromatic heterocycles. The maximum atomic E-state index is 12.8. The van der Waals surface area contributed by atoms with Crippen LogP contribution in [0.25, 0.3) is 0 Å². The Morgan fingerprint density at radius 3 is 2.45 bits per heavy atom. The van der Waals surface area contributed by atoms with Crippen LogP contribution in [0.15, 0.2) is 35.4 Å². The molecule has 1 N–H and O–H groups in total. The van der Waals surface area contributed by atoms with Crippen LogP contribution in [0.2, 0.25) is 0 Å². The van der Waals surface area contributed by atoms with Crippen molar-refractivity contribution in [2.75, 3.05) is 0 Å². The molecule has 1 fully saturated rings. The highest BCUT2D eigenvalue weighted by atomic mass is 16.7. The fourth-order valence-corrected chi connectivity index (χ4v) is 3.37. The SMILES string of the molecule is C[C@]1(O)O[C@@H]2CC(=O)O[C@@H]2C2=C1C(=O)c1ccccc1C2=O. The Bertz CT molecular complexity index is 773. The van der Waals surface area contributed by atoms with Gasteiger partial charge in [-0.1, -0.05) is 24.3 Å². The molecule has 2 heterocycles. The van der Waals surface area contributed by atoms with Gasteiger partial charge in [0.2, 0.25) is 0 Å². The van der Waals surface area contributed by atoms with Crippen molar-refractivity contribution in [1.29, 1.82) is 0 Å². The first kappa shape index (κ1) is 13.4. The molecule has 0 amide bonds. The van der Waals surface area contributed by atoms with Gasteiger partial charge in [0.1, 0.15) is 6.10 Å². The molecule has 112 valence electrons. The lowest BCUT2D eigenvalue weighted by atomic mass is 9.76. The van der Waals surface area contributed by atoms with E-state index < -0.39 is 35.5 Å². The maximum Gasteiger partial charge on any atom is 0.309 e. The summed E-state index contributed by atoms with van der Waals surface area (Å²) in [6.45, 7) is 1.31. The number of ketones is 2. The van der Waals surface area contributed by atoms with Crippen molar-refractivity contribution in [1.82, 2.24) is 0 Å². The molecule has 1 saturated heterocycles. The molecule has 0 radical (unpaired) electrons. The lowest BCUT2D eigenvalue weighted by Gasteiger charge is -2.39. The summed E-state index contributed by atoms with van der Waals surface area (Å²) in [4.78, 5) is 37.0. The molecule has 1 aromatic rings. The molecule has 3 atom stereocenters. The zero-order chi connectivity index (χ0) is 15.6. The molecule has 6 nitrogen and oxygen atoms in total.